The molecule has 4 nitrogen and oxygen atoms in total. The summed E-state index contributed by atoms with van der Waals surface area (Å²) in [7, 11) is 0. The molecule has 1 aromatic carbocycles. The molecule has 2 rings (SSSR count). The van der Waals surface area contributed by atoms with Gasteiger partial charge in [0, 0.05) is 6.54 Å². The van der Waals surface area contributed by atoms with E-state index in [0.29, 0.717) is 17.9 Å². The molecule has 114 valence electrons. The fourth-order valence-electron chi connectivity index (χ4n) is 1.96. The zero-order valence-corrected chi connectivity index (χ0v) is 11.9. The highest BCUT2D eigenvalue weighted by molar-refractivity contribution is 5.41. The van der Waals surface area contributed by atoms with Gasteiger partial charge >= 0.3 is 6.18 Å². The number of benzene rings is 1. The van der Waals surface area contributed by atoms with Crippen LogP contribution in [0.5, 0.6) is 0 Å². The van der Waals surface area contributed by atoms with Gasteiger partial charge in [-0.1, -0.05) is 18.2 Å². The molecular weight excluding hydrogens is 281 g/mol. The SMILES string of the molecule is CCCNCc1cn(-c2ccc(C)c(C(F)(F)F)c2)nn1. The van der Waals surface area contributed by atoms with E-state index in [0.717, 1.165) is 19.0 Å². The van der Waals surface area contributed by atoms with Crippen molar-refractivity contribution in [1.29, 1.82) is 0 Å². The second-order valence-corrected chi connectivity index (χ2v) is 4.83. The number of aromatic nitrogens is 3. The summed E-state index contributed by atoms with van der Waals surface area (Å²) in [5, 5.41) is 11.0. The molecule has 0 unspecified atom stereocenters. The van der Waals surface area contributed by atoms with Gasteiger partial charge in [0.1, 0.15) is 0 Å². The van der Waals surface area contributed by atoms with Gasteiger partial charge in [0.05, 0.1) is 23.1 Å². The molecule has 0 atom stereocenters. The van der Waals surface area contributed by atoms with Gasteiger partial charge < -0.3 is 5.32 Å². The number of hydrogen-bond donors (Lipinski definition) is 1. The normalized spacial score (nSPS) is 11.9. The van der Waals surface area contributed by atoms with E-state index in [1.165, 1.54) is 17.7 Å². The van der Waals surface area contributed by atoms with Gasteiger partial charge in [-0.2, -0.15) is 13.2 Å². The maximum atomic E-state index is 12.9. The fourth-order valence-corrected chi connectivity index (χ4v) is 1.96. The summed E-state index contributed by atoms with van der Waals surface area (Å²) in [4.78, 5) is 0. The molecule has 2 aromatic rings. The van der Waals surface area contributed by atoms with Crippen molar-refractivity contribution in [3.63, 3.8) is 0 Å². The molecule has 0 aliphatic heterocycles. The second kappa shape index (κ2) is 6.26. The van der Waals surface area contributed by atoms with Crippen molar-refractivity contribution in [2.45, 2.75) is 33.0 Å². The van der Waals surface area contributed by atoms with Crippen molar-refractivity contribution >= 4 is 0 Å². The van der Waals surface area contributed by atoms with E-state index >= 15 is 0 Å². The van der Waals surface area contributed by atoms with Crippen LogP contribution in [0.15, 0.2) is 24.4 Å². The quantitative estimate of drug-likeness (QED) is 0.863. The van der Waals surface area contributed by atoms with Gasteiger partial charge in [-0.25, -0.2) is 4.68 Å². The van der Waals surface area contributed by atoms with Crippen LogP contribution in [-0.4, -0.2) is 21.5 Å². The molecule has 1 heterocycles. The van der Waals surface area contributed by atoms with E-state index in [9.17, 15) is 13.2 Å². The van der Waals surface area contributed by atoms with E-state index in [-0.39, 0.29) is 5.56 Å². The third-order valence-electron chi connectivity index (χ3n) is 3.06. The summed E-state index contributed by atoms with van der Waals surface area (Å²) in [5.41, 5.74) is 0.581. The van der Waals surface area contributed by atoms with E-state index < -0.39 is 11.7 Å². The molecule has 0 spiro atoms. The van der Waals surface area contributed by atoms with Crippen LogP contribution >= 0.6 is 0 Å². The van der Waals surface area contributed by atoms with Crippen LogP contribution < -0.4 is 5.32 Å². The van der Waals surface area contributed by atoms with Gasteiger partial charge in [0.25, 0.3) is 0 Å². The van der Waals surface area contributed by atoms with Crippen LogP contribution in [0.25, 0.3) is 5.69 Å². The van der Waals surface area contributed by atoms with Crippen molar-refractivity contribution in [3.05, 3.63) is 41.2 Å². The lowest BCUT2D eigenvalue weighted by Crippen LogP contribution is -2.13. The predicted octanol–water partition coefficient (Wildman–Crippen LogP) is 3.09. The Kier molecular flexibility index (Phi) is 4.62. The predicted molar refractivity (Wildman–Crippen MR) is 73.1 cm³/mol. The molecule has 0 aliphatic rings. The van der Waals surface area contributed by atoms with Crippen LogP contribution in [0.2, 0.25) is 0 Å². The van der Waals surface area contributed by atoms with Crippen LogP contribution in [-0.2, 0) is 12.7 Å². The van der Waals surface area contributed by atoms with Gasteiger partial charge in [0.2, 0.25) is 0 Å². The summed E-state index contributed by atoms with van der Waals surface area (Å²) in [6.45, 7) is 4.89. The van der Waals surface area contributed by atoms with Crippen LogP contribution in [0.4, 0.5) is 13.2 Å². The molecule has 0 bridgehead atoms. The minimum absolute atomic E-state index is 0.191. The number of hydrogen-bond acceptors (Lipinski definition) is 3. The van der Waals surface area contributed by atoms with Crippen LogP contribution in [0, 0.1) is 6.92 Å². The number of nitrogens with one attached hydrogen (secondary N) is 1. The van der Waals surface area contributed by atoms with Gasteiger partial charge in [-0.05, 0) is 37.6 Å². The molecular formula is C14H17F3N4. The highest BCUT2D eigenvalue weighted by Gasteiger charge is 2.32. The topological polar surface area (TPSA) is 42.7 Å². The van der Waals surface area contributed by atoms with Crippen LogP contribution in [0.1, 0.15) is 30.2 Å². The lowest BCUT2D eigenvalue weighted by atomic mass is 10.1. The number of rotatable bonds is 5. The molecule has 21 heavy (non-hydrogen) atoms. The maximum absolute atomic E-state index is 12.9. The monoisotopic (exact) mass is 298 g/mol. The Morgan fingerprint density at radius 1 is 1.29 bits per heavy atom. The molecule has 1 aromatic heterocycles. The smallest absolute Gasteiger partial charge is 0.311 e. The van der Waals surface area contributed by atoms with E-state index in [1.807, 2.05) is 0 Å². The van der Waals surface area contributed by atoms with Crippen LogP contribution in [0.3, 0.4) is 0 Å². The molecule has 0 radical (unpaired) electrons. The average Bonchev–Trinajstić information content (AvgIpc) is 2.87. The Balaban J connectivity index is 2.22. The van der Waals surface area contributed by atoms with Crippen molar-refractivity contribution in [1.82, 2.24) is 20.3 Å². The van der Waals surface area contributed by atoms with E-state index in [1.54, 1.807) is 12.3 Å². The Bertz CT molecular complexity index is 605. The zero-order valence-electron chi connectivity index (χ0n) is 11.9. The van der Waals surface area contributed by atoms with Crippen molar-refractivity contribution in [3.8, 4) is 5.69 Å². The molecule has 1 N–H and O–H groups in total. The third kappa shape index (κ3) is 3.81. The molecule has 0 saturated heterocycles. The van der Waals surface area contributed by atoms with Gasteiger partial charge in [-0.15, -0.1) is 5.10 Å². The zero-order chi connectivity index (χ0) is 15.5. The Hall–Kier alpha value is -1.89. The van der Waals surface area contributed by atoms with E-state index in [4.69, 9.17) is 0 Å². The second-order valence-electron chi connectivity index (χ2n) is 4.83. The molecule has 0 saturated carbocycles. The Morgan fingerprint density at radius 3 is 2.71 bits per heavy atom. The summed E-state index contributed by atoms with van der Waals surface area (Å²) in [6.07, 6.45) is -1.74. The van der Waals surface area contributed by atoms with Gasteiger partial charge in [0.15, 0.2) is 0 Å². The first-order chi connectivity index (χ1) is 9.91. The summed E-state index contributed by atoms with van der Waals surface area (Å²) in [5.74, 6) is 0. The minimum atomic E-state index is -4.37. The Morgan fingerprint density at radius 2 is 2.05 bits per heavy atom. The van der Waals surface area contributed by atoms with E-state index in [2.05, 4.69) is 22.6 Å². The van der Waals surface area contributed by atoms with Gasteiger partial charge in [-0.3, -0.25) is 0 Å². The number of halogens is 3. The molecule has 0 fully saturated rings. The highest BCUT2D eigenvalue weighted by Crippen LogP contribution is 2.32. The fraction of sp³-hybridized carbons (Fsp3) is 0.429. The first kappa shape index (κ1) is 15.5. The first-order valence-electron chi connectivity index (χ1n) is 6.72. The standard InChI is InChI=1S/C14H17F3N4/c1-3-6-18-8-11-9-21(20-19-11)12-5-4-10(2)13(7-12)14(15,16)17/h4-5,7,9,18H,3,6,8H2,1-2H3. The lowest BCUT2D eigenvalue weighted by Gasteiger charge is -2.11. The summed E-state index contributed by atoms with van der Waals surface area (Å²) < 4.78 is 40.1. The number of nitrogens with zero attached hydrogens (tertiary/aromatic N) is 3. The largest absolute Gasteiger partial charge is 0.416 e. The minimum Gasteiger partial charge on any atom is -0.311 e. The number of alkyl halides is 3. The summed E-state index contributed by atoms with van der Waals surface area (Å²) in [6, 6.07) is 4.13. The van der Waals surface area contributed by atoms with Crippen molar-refractivity contribution in [2.24, 2.45) is 0 Å². The van der Waals surface area contributed by atoms with Crippen molar-refractivity contribution in [2.75, 3.05) is 6.54 Å². The lowest BCUT2D eigenvalue weighted by molar-refractivity contribution is -0.138. The van der Waals surface area contributed by atoms with Crippen molar-refractivity contribution < 1.29 is 13.2 Å². The molecule has 0 aliphatic carbocycles. The first-order valence-corrected chi connectivity index (χ1v) is 6.72. The number of aryl methyl sites for hydroxylation is 1. The third-order valence-corrected chi connectivity index (χ3v) is 3.06. The maximum Gasteiger partial charge on any atom is 0.416 e. The Labute approximate surface area is 121 Å². The molecule has 7 heteroatoms. The molecule has 0 amide bonds. The highest BCUT2D eigenvalue weighted by atomic mass is 19.4. The summed E-state index contributed by atoms with van der Waals surface area (Å²) >= 11 is 0. The average molecular weight is 298 g/mol.